The third kappa shape index (κ3) is 2.69. The van der Waals surface area contributed by atoms with Crippen LogP contribution in [-0.4, -0.2) is 22.9 Å². The lowest BCUT2D eigenvalue weighted by Gasteiger charge is -2.15. The molecule has 1 atom stereocenters. The molecule has 1 aliphatic rings. The molecular formula is C18H15N3O4. The lowest BCUT2D eigenvalue weighted by molar-refractivity contribution is 0.0935. The van der Waals surface area contributed by atoms with Crippen molar-refractivity contribution in [2.24, 2.45) is 0 Å². The van der Waals surface area contributed by atoms with Gasteiger partial charge in [0, 0.05) is 5.39 Å². The van der Waals surface area contributed by atoms with Crippen molar-refractivity contribution in [2.45, 2.75) is 13.0 Å². The maximum Gasteiger partial charge on any atom is 0.272 e. The molecule has 126 valence electrons. The first-order valence-electron chi connectivity index (χ1n) is 7.81. The SMILES string of the molecule is C[C@H](NC(=O)c1n[nH]c(=O)c2ccccc12)c1ccc2c(c1)OCO2. The van der Waals surface area contributed by atoms with Crippen molar-refractivity contribution < 1.29 is 14.3 Å². The molecule has 7 nitrogen and oxygen atoms in total. The van der Waals surface area contributed by atoms with E-state index in [0.29, 0.717) is 22.3 Å². The van der Waals surface area contributed by atoms with E-state index in [0.717, 1.165) is 5.56 Å². The first-order valence-corrected chi connectivity index (χ1v) is 7.81. The number of nitrogens with zero attached hydrogens (tertiary/aromatic N) is 1. The molecule has 0 bridgehead atoms. The highest BCUT2D eigenvalue weighted by molar-refractivity contribution is 6.04. The monoisotopic (exact) mass is 337 g/mol. The minimum Gasteiger partial charge on any atom is -0.454 e. The zero-order valence-electron chi connectivity index (χ0n) is 13.4. The molecule has 3 aromatic rings. The van der Waals surface area contributed by atoms with Crippen LogP contribution in [0.5, 0.6) is 11.5 Å². The van der Waals surface area contributed by atoms with Gasteiger partial charge in [0.15, 0.2) is 17.2 Å². The van der Waals surface area contributed by atoms with Crippen LogP contribution in [0.1, 0.15) is 29.0 Å². The fourth-order valence-electron chi connectivity index (χ4n) is 2.82. The van der Waals surface area contributed by atoms with Crippen LogP contribution in [0.3, 0.4) is 0 Å². The van der Waals surface area contributed by atoms with Gasteiger partial charge in [-0.15, -0.1) is 0 Å². The Morgan fingerprint density at radius 3 is 2.76 bits per heavy atom. The predicted octanol–water partition coefficient (Wildman–Crippen LogP) is 2.14. The van der Waals surface area contributed by atoms with Gasteiger partial charge >= 0.3 is 0 Å². The second-order valence-electron chi connectivity index (χ2n) is 5.75. The summed E-state index contributed by atoms with van der Waals surface area (Å²) in [5.74, 6) is 0.986. The van der Waals surface area contributed by atoms with E-state index < -0.39 is 0 Å². The molecule has 2 aromatic carbocycles. The molecule has 0 spiro atoms. The van der Waals surface area contributed by atoms with Gasteiger partial charge < -0.3 is 14.8 Å². The smallest absolute Gasteiger partial charge is 0.272 e. The topological polar surface area (TPSA) is 93.3 Å². The van der Waals surface area contributed by atoms with Crippen LogP contribution >= 0.6 is 0 Å². The van der Waals surface area contributed by atoms with Gasteiger partial charge in [-0.05, 0) is 30.7 Å². The van der Waals surface area contributed by atoms with Gasteiger partial charge in [0.25, 0.3) is 11.5 Å². The largest absolute Gasteiger partial charge is 0.454 e. The summed E-state index contributed by atoms with van der Waals surface area (Å²) < 4.78 is 10.7. The van der Waals surface area contributed by atoms with Crippen LogP contribution in [0, 0.1) is 0 Å². The highest BCUT2D eigenvalue weighted by atomic mass is 16.7. The number of benzene rings is 2. The number of amides is 1. The summed E-state index contributed by atoms with van der Waals surface area (Å²) in [5.41, 5.74) is 0.741. The Labute approximate surface area is 142 Å². The number of hydrogen-bond donors (Lipinski definition) is 2. The van der Waals surface area contributed by atoms with Gasteiger partial charge in [0.2, 0.25) is 6.79 Å². The van der Waals surface area contributed by atoms with Crippen LogP contribution in [0.15, 0.2) is 47.3 Å². The Bertz CT molecular complexity index is 1030. The van der Waals surface area contributed by atoms with Crippen LogP contribution in [0.2, 0.25) is 0 Å². The second kappa shape index (κ2) is 5.94. The molecule has 0 fully saturated rings. The Morgan fingerprint density at radius 2 is 1.92 bits per heavy atom. The molecule has 0 saturated carbocycles. The van der Waals surface area contributed by atoms with E-state index >= 15 is 0 Å². The highest BCUT2D eigenvalue weighted by Gasteiger charge is 2.19. The minimum atomic E-state index is -0.363. The van der Waals surface area contributed by atoms with E-state index in [9.17, 15) is 9.59 Å². The maximum absolute atomic E-state index is 12.6. The lowest BCUT2D eigenvalue weighted by atomic mass is 10.1. The number of rotatable bonds is 3. The maximum atomic E-state index is 12.6. The number of H-pyrrole nitrogens is 1. The number of ether oxygens (including phenoxy) is 2. The Balaban J connectivity index is 1.62. The number of carbonyl (C=O) groups is 1. The molecule has 1 aliphatic heterocycles. The summed E-state index contributed by atoms with van der Waals surface area (Å²) in [7, 11) is 0. The van der Waals surface area contributed by atoms with Crippen LogP contribution in [0.25, 0.3) is 10.8 Å². The molecule has 4 rings (SSSR count). The van der Waals surface area contributed by atoms with E-state index in [1.54, 1.807) is 24.3 Å². The van der Waals surface area contributed by atoms with Crippen LogP contribution < -0.4 is 20.3 Å². The Morgan fingerprint density at radius 1 is 1.16 bits per heavy atom. The molecule has 0 saturated heterocycles. The van der Waals surface area contributed by atoms with Crippen molar-refractivity contribution in [2.75, 3.05) is 6.79 Å². The van der Waals surface area contributed by atoms with E-state index in [1.165, 1.54) is 0 Å². The quantitative estimate of drug-likeness (QED) is 0.764. The molecule has 2 heterocycles. The summed E-state index contributed by atoms with van der Waals surface area (Å²) in [4.78, 5) is 24.5. The number of aromatic nitrogens is 2. The number of hydrogen-bond acceptors (Lipinski definition) is 5. The van der Waals surface area contributed by atoms with Crippen molar-refractivity contribution in [3.05, 3.63) is 64.1 Å². The molecule has 1 amide bonds. The fourth-order valence-corrected chi connectivity index (χ4v) is 2.82. The summed E-state index contributed by atoms with van der Waals surface area (Å²) in [6, 6.07) is 12.1. The number of aromatic amines is 1. The second-order valence-corrected chi connectivity index (χ2v) is 5.75. The van der Waals surface area contributed by atoms with Crippen molar-refractivity contribution in [3.63, 3.8) is 0 Å². The summed E-state index contributed by atoms with van der Waals surface area (Å²) in [5, 5.41) is 10.1. The van der Waals surface area contributed by atoms with Crippen molar-refractivity contribution in [3.8, 4) is 11.5 Å². The summed E-state index contributed by atoms with van der Waals surface area (Å²) >= 11 is 0. The van der Waals surface area contributed by atoms with Gasteiger partial charge in [-0.2, -0.15) is 5.10 Å². The molecule has 1 aromatic heterocycles. The van der Waals surface area contributed by atoms with Crippen LogP contribution in [0.4, 0.5) is 0 Å². The Hall–Kier alpha value is -3.35. The summed E-state index contributed by atoms with van der Waals surface area (Å²) in [6.45, 7) is 2.07. The zero-order valence-corrected chi connectivity index (χ0v) is 13.4. The minimum absolute atomic E-state index is 0.183. The predicted molar refractivity (Wildman–Crippen MR) is 90.8 cm³/mol. The molecular weight excluding hydrogens is 322 g/mol. The van der Waals surface area contributed by atoms with Crippen molar-refractivity contribution in [1.29, 1.82) is 0 Å². The molecule has 0 unspecified atom stereocenters. The van der Waals surface area contributed by atoms with Gasteiger partial charge in [0.1, 0.15) is 0 Å². The van der Waals surface area contributed by atoms with E-state index in [2.05, 4.69) is 15.5 Å². The zero-order chi connectivity index (χ0) is 17.4. The van der Waals surface area contributed by atoms with Gasteiger partial charge in [-0.25, -0.2) is 5.10 Å². The first-order chi connectivity index (χ1) is 12.1. The number of carbonyl (C=O) groups excluding carboxylic acids is 1. The third-order valence-corrected chi connectivity index (χ3v) is 4.16. The van der Waals surface area contributed by atoms with E-state index in [1.807, 2.05) is 25.1 Å². The average molecular weight is 337 g/mol. The van der Waals surface area contributed by atoms with E-state index in [4.69, 9.17) is 9.47 Å². The van der Waals surface area contributed by atoms with Gasteiger partial charge in [-0.3, -0.25) is 9.59 Å². The molecule has 7 heteroatoms. The molecule has 25 heavy (non-hydrogen) atoms. The van der Waals surface area contributed by atoms with E-state index in [-0.39, 0.29) is 30.0 Å². The van der Waals surface area contributed by atoms with Crippen molar-refractivity contribution >= 4 is 16.7 Å². The molecule has 0 radical (unpaired) electrons. The fraction of sp³-hybridized carbons (Fsp3) is 0.167. The van der Waals surface area contributed by atoms with Crippen LogP contribution in [-0.2, 0) is 0 Å². The average Bonchev–Trinajstić information content (AvgIpc) is 3.09. The van der Waals surface area contributed by atoms with Gasteiger partial charge in [-0.1, -0.05) is 24.3 Å². The number of nitrogens with one attached hydrogen (secondary N) is 2. The summed E-state index contributed by atoms with van der Waals surface area (Å²) in [6.07, 6.45) is 0. The van der Waals surface area contributed by atoms with Gasteiger partial charge in [0.05, 0.1) is 11.4 Å². The first kappa shape index (κ1) is 15.2. The highest BCUT2D eigenvalue weighted by Crippen LogP contribution is 2.34. The molecule has 2 N–H and O–H groups in total. The standard InChI is InChI=1S/C18H15N3O4/c1-10(11-6-7-14-15(8-11)25-9-24-14)19-18(23)16-12-4-2-3-5-13(12)17(22)21-20-16/h2-8,10H,9H2,1H3,(H,19,23)(H,21,22)/t10-/m0/s1. The van der Waals surface area contributed by atoms with Crippen molar-refractivity contribution in [1.82, 2.24) is 15.5 Å². The normalized spacial score (nSPS) is 13.6. The molecule has 0 aliphatic carbocycles. The Kier molecular flexibility index (Phi) is 3.61. The number of fused-ring (bicyclic) bond motifs is 2. The lowest BCUT2D eigenvalue weighted by Crippen LogP contribution is -2.29. The third-order valence-electron chi connectivity index (χ3n) is 4.16.